The molecule has 0 heterocycles. The number of alkyl carbamates (subject to hydrolysis) is 1. The summed E-state index contributed by atoms with van der Waals surface area (Å²) in [5.41, 5.74) is 0.891. The molecule has 2 N–H and O–H groups in total. The smallest absolute Gasteiger partial charge is 0.408 e. The van der Waals surface area contributed by atoms with Crippen LogP contribution in [0.5, 0.6) is 0 Å². The molecule has 0 aromatic heterocycles. The molecule has 0 bridgehead atoms. The fourth-order valence-corrected chi connectivity index (χ4v) is 3.35. The van der Waals surface area contributed by atoms with E-state index in [4.69, 9.17) is 4.74 Å². The zero-order chi connectivity index (χ0) is 25.7. The third-order valence-electron chi connectivity index (χ3n) is 4.82. The summed E-state index contributed by atoms with van der Waals surface area (Å²) in [6, 6.07) is 10.4. The highest BCUT2D eigenvalue weighted by molar-refractivity contribution is 5.98. The summed E-state index contributed by atoms with van der Waals surface area (Å²) in [7, 11) is 0. The van der Waals surface area contributed by atoms with Crippen LogP contribution in [0.15, 0.2) is 42.5 Å². The highest BCUT2D eigenvalue weighted by Crippen LogP contribution is 2.18. The molecule has 0 aliphatic carbocycles. The minimum absolute atomic E-state index is 0.0415. The van der Waals surface area contributed by atoms with Crippen LogP contribution in [0.25, 0.3) is 0 Å². The van der Waals surface area contributed by atoms with Crippen LogP contribution in [0.4, 0.5) is 9.18 Å². The second-order valence-electron chi connectivity index (χ2n) is 10.5. The average molecular weight is 471 g/mol. The lowest BCUT2D eigenvalue weighted by atomic mass is 9.93. The lowest BCUT2D eigenvalue weighted by Crippen LogP contribution is -2.45. The van der Waals surface area contributed by atoms with Gasteiger partial charge in [-0.2, -0.15) is 0 Å². The maximum absolute atomic E-state index is 14.3. The summed E-state index contributed by atoms with van der Waals surface area (Å²) < 4.78 is 19.6. The Morgan fingerprint density at radius 1 is 0.971 bits per heavy atom. The quantitative estimate of drug-likeness (QED) is 0.602. The fraction of sp³-hybridized carbons (Fsp3) is 0.444. The molecule has 2 amide bonds. The van der Waals surface area contributed by atoms with Crippen molar-refractivity contribution < 1.29 is 23.5 Å². The number of benzene rings is 2. The van der Waals surface area contributed by atoms with Crippen LogP contribution >= 0.6 is 0 Å². The van der Waals surface area contributed by atoms with Crippen molar-refractivity contribution in [2.24, 2.45) is 0 Å². The van der Waals surface area contributed by atoms with Gasteiger partial charge < -0.3 is 15.4 Å². The van der Waals surface area contributed by atoms with Crippen LogP contribution < -0.4 is 10.6 Å². The number of carbonyl (C=O) groups is 3. The van der Waals surface area contributed by atoms with Gasteiger partial charge >= 0.3 is 6.09 Å². The molecule has 2 aromatic rings. The van der Waals surface area contributed by atoms with Gasteiger partial charge in [0.1, 0.15) is 11.4 Å². The van der Waals surface area contributed by atoms with E-state index >= 15 is 0 Å². The molecule has 34 heavy (non-hydrogen) atoms. The number of halogens is 1. The Morgan fingerprint density at radius 2 is 1.62 bits per heavy atom. The van der Waals surface area contributed by atoms with Gasteiger partial charge in [-0.1, -0.05) is 35.9 Å². The van der Waals surface area contributed by atoms with Gasteiger partial charge in [0.05, 0.1) is 6.04 Å². The van der Waals surface area contributed by atoms with Crippen molar-refractivity contribution in [2.45, 2.75) is 78.5 Å². The second kappa shape index (κ2) is 10.8. The first-order valence-corrected chi connectivity index (χ1v) is 11.3. The average Bonchev–Trinajstić information content (AvgIpc) is 2.67. The Balaban J connectivity index is 2.33. The van der Waals surface area contributed by atoms with Crippen molar-refractivity contribution >= 4 is 17.8 Å². The van der Waals surface area contributed by atoms with Gasteiger partial charge in [-0.15, -0.1) is 0 Å². The summed E-state index contributed by atoms with van der Waals surface area (Å²) in [5, 5.41) is 5.51. The summed E-state index contributed by atoms with van der Waals surface area (Å²) in [6.45, 7) is 12.6. The van der Waals surface area contributed by atoms with Gasteiger partial charge in [-0.25, -0.2) is 9.18 Å². The third-order valence-corrected chi connectivity index (χ3v) is 4.82. The molecule has 0 radical (unpaired) electrons. The number of rotatable bonds is 7. The van der Waals surface area contributed by atoms with Gasteiger partial charge in [0.25, 0.3) is 5.91 Å². The van der Waals surface area contributed by atoms with Crippen LogP contribution in [0.3, 0.4) is 0 Å². The number of hydrogen-bond acceptors (Lipinski definition) is 4. The largest absolute Gasteiger partial charge is 0.444 e. The molecular weight excluding hydrogens is 435 g/mol. The number of aryl methyl sites for hydroxylation is 1. The van der Waals surface area contributed by atoms with E-state index in [2.05, 4.69) is 10.6 Å². The first kappa shape index (κ1) is 27.0. The van der Waals surface area contributed by atoms with Crippen molar-refractivity contribution in [3.05, 3.63) is 70.5 Å². The zero-order valence-corrected chi connectivity index (χ0v) is 21.0. The Bertz CT molecular complexity index is 1050. The normalized spacial score (nSPS) is 12.6. The van der Waals surface area contributed by atoms with Crippen molar-refractivity contribution in [3.8, 4) is 0 Å². The molecule has 0 spiro atoms. The number of carbonyl (C=O) groups excluding carboxylic acids is 3. The molecule has 2 aromatic carbocycles. The Hall–Kier alpha value is -3.22. The van der Waals surface area contributed by atoms with Gasteiger partial charge in [0.2, 0.25) is 0 Å². The molecule has 1 atom stereocenters. The number of nitrogens with one attached hydrogen (secondary N) is 2. The third kappa shape index (κ3) is 8.61. The molecule has 6 nitrogen and oxygen atoms in total. The second-order valence-corrected chi connectivity index (χ2v) is 10.5. The Morgan fingerprint density at radius 3 is 2.21 bits per heavy atom. The van der Waals surface area contributed by atoms with Crippen LogP contribution in [0.1, 0.15) is 68.6 Å². The van der Waals surface area contributed by atoms with Gasteiger partial charge in [-0.05, 0) is 71.7 Å². The van der Waals surface area contributed by atoms with Gasteiger partial charge in [-0.3, -0.25) is 9.59 Å². The molecule has 0 unspecified atom stereocenters. The molecule has 0 aliphatic heterocycles. The van der Waals surface area contributed by atoms with Crippen LogP contribution in [0.2, 0.25) is 0 Å². The zero-order valence-electron chi connectivity index (χ0n) is 21.0. The first-order chi connectivity index (χ1) is 15.6. The number of ether oxygens (including phenoxy) is 1. The molecule has 184 valence electrons. The first-order valence-electron chi connectivity index (χ1n) is 11.3. The van der Waals surface area contributed by atoms with Gasteiger partial charge in [0.15, 0.2) is 5.78 Å². The van der Waals surface area contributed by atoms with Crippen LogP contribution in [-0.4, -0.2) is 35.0 Å². The Kier molecular flexibility index (Phi) is 8.59. The van der Waals surface area contributed by atoms with E-state index in [1.807, 2.05) is 33.8 Å². The van der Waals surface area contributed by atoms with Crippen molar-refractivity contribution in [1.29, 1.82) is 0 Å². The SMILES string of the molecule is Cc1ccc(CC(=O)[C@@H](Cc2ccccc2F)NC(=O)OC(C)(C)C)c(C(=O)NC(C)(C)C)c1. The van der Waals surface area contributed by atoms with Crippen molar-refractivity contribution in [3.63, 3.8) is 0 Å². The van der Waals surface area contributed by atoms with Crippen molar-refractivity contribution in [1.82, 2.24) is 10.6 Å². The molecule has 0 saturated heterocycles. The summed E-state index contributed by atoms with van der Waals surface area (Å²) in [4.78, 5) is 38.7. The predicted octanol–water partition coefficient (Wildman–Crippen LogP) is 4.91. The molecule has 2 rings (SSSR count). The summed E-state index contributed by atoms with van der Waals surface area (Å²) in [6.07, 6.45) is -0.917. The number of amides is 2. The van der Waals surface area contributed by atoms with E-state index in [1.54, 1.807) is 51.1 Å². The van der Waals surface area contributed by atoms with E-state index in [1.165, 1.54) is 6.07 Å². The predicted molar refractivity (Wildman–Crippen MR) is 130 cm³/mol. The molecule has 0 fully saturated rings. The van der Waals surface area contributed by atoms with Crippen molar-refractivity contribution in [2.75, 3.05) is 0 Å². The van der Waals surface area contributed by atoms with E-state index in [-0.39, 0.29) is 24.5 Å². The molecule has 0 saturated carbocycles. The summed E-state index contributed by atoms with van der Waals surface area (Å²) in [5.74, 6) is -1.11. The monoisotopic (exact) mass is 470 g/mol. The molecular formula is C27H35FN2O4. The maximum Gasteiger partial charge on any atom is 0.408 e. The van der Waals surface area contributed by atoms with E-state index in [0.717, 1.165) is 5.56 Å². The Labute approximate surface area is 201 Å². The number of hydrogen-bond donors (Lipinski definition) is 2. The van der Waals surface area contributed by atoms with Crippen LogP contribution in [0, 0.1) is 12.7 Å². The lowest BCUT2D eigenvalue weighted by Gasteiger charge is -2.24. The van der Waals surface area contributed by atoms with E-state index in [9.17, 15) is 18.8 Å². The highest BCUT2D eigenvalue weighted by Gasteiger charge is 2.27. The van der Waals surface area contributed by atoms with Crippen LogP contribution in [-0.2, 0) is 22.4 Å². The molecule has 7 heteroatoms. The minimum Gasteiger partial charge on any atom is -0.444 e. The number of Topliss-reactive ketones (excluding diaryl/α,β-unsaturated/α-hetero) is 1. The maximum atomic E-state index is 14.3. The minimum atomic E-state index is -1.04. The fourth-order valence-electron chi connectivity index (χ4n) is 3.35. The number of ketones is 1. The highest BCUT2D eigenvalue weighted by atomic mass is 19.1. The van der Waals surface area contributed by atoms with E-state index < -0.39 is 29.1 Å². The molecule has 0 aliphatic rings. The standard InChI is InChI=1S/C27H35FN2O4/c1-17-12-13-18(20(14-17)24(32)30-26(2,3)4)16-23(31)22(29-25(33)34-27(5,6)7)15-19-10-8-9-11-21(19)28/h8-14,22H,15-16H2,1-7H3,(H,29,33)(H,30,32)/t22-/m1/s1. The van der Waals surface area contributed by atoms with E-state index in [0.29, 0.717) is 16.7 Å². The lowest BCUT2D eigenvalue weighted by molar-refractivity contribution is -0.120. The van der Waals surface area contributed by atoms with Gasteiger partial charge in [0, 0.05) is 23.9 Å². The summed E-state index contributed by atoms with van der Waals surface area (Å²) >= 11 is 0. The topological polar surface area (TPSA) is 84.5 Å².